The average molecular weight is 430 g/mol. The summed E-state index contributed by atoms with van der Waals surface area (Å²) in [7, 11) is 1.70. The number of benzene rings is 1. The molecule has 0 spiro atoms. The highest BCUT2D eigenvalue weighted by molar-refractivity contribution is 5.91. The van der Waals surface area contributed by atoms with Gasteiger partial charge in [-0.3, -0.25) is 5.32 Å². The van der Waals surface area contributed by atoms with Crippen molar-refractivity contribution in [2.24, 2.45) is 0 Å². The van der Waals surface area contributed by atoms with Crippen molar-refractivity contribution in [1.29, 1.82) is 0 Å². The number of imidazole rings is 1. The van der Waals surface area contributed by atoms with Gasteiger partial charge in [-0.1, -0.05) is 24.3 Å². The Bertz CT molecular complexity index is 1110. The number of amides is 2. The van der Waals surface area contributed by atoms with Crippen LogP contribution >= 0.6 is 0 Å². The summed E-state index contributed by atoms with van der Waals surface area (Å²) in [6.07, 6.45) is 0.103. The van der Waals surface area contributed by atoms with Crippen LogP contribution in [0.15, 0.2) is 43.0 Å². The molecule has 1 unspecified atom stereocenters. The number of carbonyl (C=O) groups is 1. The number of fused-ring (bicyclic) bond motifs is 1. The average Bonchev–Trinajstić information content (AvgIpc) is 3.18. The molecule has 4 rings (SSSR count). The third-order valence-corrected chi connectivity index (χ3v) is 5.33. The van der Waals surface area contributed by atoms with Gasteiger partial charge < -0.3 is 9.47 Å². The van der Waals surface area contributed by atoms with E-state index in [-0.39, 0.29) is 23.9 Å². The first-order valence-electron chi connectivity index (χ1n) is 9.74. The van der Waals surface area contributed by atoms with E-state index in [1.165, 1.54) is 10.9 Å². The number of nitrogens with one attached hydrogen (secondary N) is 1. The van der Waals surface area contributed by atoms with Crippen molar-refractivity contribution in [3.05, 3.63) is 59.8 Å². The lowest BCUT2D eigenvalue weighted by atomic mass is 9.97. The van der Waals surface area contributed by atoms with Crippen LogP contribution in [0, 0.1) is 0 Å². The topological polar surface area (TPSA) is 75.9 Å². The van der Waals surface area contributed by atoms with Crippen molar-refractivity contribution in [2.45, 2.75) is 38.5 Å². The fourth-order valence-corrected chi connectivity index (χ4v) is 3.63. The molecule has 3 heterocycles. The van der Waals surface area contributed by atoms with Gasteiger partial charge in [0.15, 0.2) is 5.69 Å². The SMILES string of the molecule is CC(C)n1cc(C(F)(F)F)nc1-c1ccc(CC2c3cncnc3NC(=O)N2C)cc1. The molecule has 0 aliphatic carbocycles. The maximum absolute atomic E-state index is 13.2. The molecule has 0 fully saturated rings. The molecule has 7 nitrogen and oxygen atoms in total. The molecule has 31 heavy (non-hydrogen) atoms. The van der Waals surface area contributed by atoms with E-state index in [4.69, 9.17) is 0 Å². The zero-order chi connectivity index (χ0) is 22.3. The number of anilines is 1. The van der Waals surface area contributed by atoms with Gasteiger partial charge in [-0.15, -0.1) is 0 Å². The summed E-state index contributed by atoms with van der Waals surface area (Å²) >= 11 is 0. The molecular formula is C21H21F3N6O. The van der Waals surface area contributed by atoms with E-state index < -0.39 is 11.9 Å². The van der Waals surface area contributed by atoms with Crippen LogP contribution in [0.4, 0.5) is 23.8 Å². The van der Waals surface area contributed by atoms with Gasteiger partial charge in [-0.25, -0.2) is 19.7 Å². The number of likely N-dealkylation sites (N-methyl/N-ethyl adjacent to an activating group) is 1. The molecule has 1 aromatic carbocycles. The van der Waals surface area contributed by atoms with Crippen molar-refractivity contribution in [2.75, 3.05) is 12.4 Å². The Kier molecular flexibility index (Phi) is 5.16. The number of halogens is 3. The molecule has 2 amide bonds. The second-order valence-electron chi connectivity index (χ2n) is 7.73. The number of hydrogen-bond acceptors (Lipinski definition) is 4. The van der Waals surface area contributed by atoms with E-state index in [0.717, 1.165) is 17.3 Å². The van der Waals surface area contributed by atoms with Crippen LogP contribution in [0.25, 0.3) is 11.4 Å². The van der Waals surface area contributed by atoms with Gasteiger partial charge in [0.1, 0.15) is 18.0 Å². The van der Waals surface area contributed by atoms with Gasteiger partial charge >= 0.3 is 12.2 Å². The first kappa shape index (κ1) is 20.8. The summed E-state index contributed by atoms with van der Waals surface area (Å²) in [5.74, 6) is 0.750. The van der Waals surface area contributed by atoms with Crippen LogP contribution in [0.2, 0.25) is 0 Å². The predicted octanol–water partition coefficient (Wildman–Crippen LogP) is 4.70. The molecular weight excluding hydrogens is 409 g/mol. The minimum Gasteiger partial charge on any atom is -0.328 e. The second kappa shape index (κ2) is 7.68. The van der Waals surface area contributed by atoms with Gasteiger partial charge in [0.2, 0.25) is 0 Å². The van der Waals surface area contributed by atoms with E-state index in [0.29, 0.717) is 17.8 Å². The largest absolute Gasteiger partial charge is 0.434 e. The zero-order valence-electron chi connectivity index (χ0n) is 17.2. The zero-order valence-corrected chi connectivity index (χ0v) is 17.2. The van der Waals surface area contributed by atoms with Gasteiger partial charge in [0.25, 0.3) is 0 Å². The molecule has 0 bridgehead atoms. The van der Waals surface area contributed by atoms with E-state index in [9.17, 15) is 18.0 Å². The second-order valence-corrected chi connectivity index (χ2v) is 7.73. The number of alkyl halides is 3. The fraction of sp³-hybridized carbons (Fsp3) is 0.333. The van der Waals surface area contributed by atoms with Crippen molar-refractivity contribution in [1.82, 2.24) is 24.4 Å². The van der Waals surface area contributed by atoms with Crippen LogP contribution in [0.5, 0.6) is 0 Å². The first-order chi connectivity index (χ1) is 14.6. The van der Waals surface area contributed by atoms with Crippen LogP contribution in [0.3, 0.4) is 0 Å². The number of hydrogen-bond donors (Lipinski definition) is 1. The quantitative estimate of drug-likeness (QED) is 0.651. The van der Waals surface area contributed by atoms with Gasteiger partial charge in [0.05, 0.1) is 6.04 Å². The number of aromatic nitrogens is 4. The van der Waals surface area contributed by atoms with E-state index in [2.05, 4.69) is 20.3 Å². The lowest BCUT2D eigenvalue weighted by Crippen LogP contribution is -2.40. The highest BCUT2D eigenvalue weighted by Gasteiger charge is 2.35. The molecule has 3 aromatic rings. The molecule has 1 atom stereocenters. The smallest absolute Gasteiger partial charge is 0.328 e. The van der Waals surface area contributed by atoms with Crippen molar-refractivity contribution in [3.8, 4) is 11.4 Å². The van der Waals surface area contributed by atoms with E-state index in [1.54, 1.807) is 30.3 Å². The summed E-state index contributed by atoms with van der Waals surface area (Å²) in [6.45, 7) is 3.62. The molecule has 2 aromatic heterocycles. The normalized spacial score (nSPS) is 16.4. The van der Waals surface area contributed by atoms with Crippen LogP contribution in [0.1, 0.15) is 42.8 Å². The Hall–Kier alpha value is -3.43. The molecule has 1 aliphatic rings. The number of rotatable bonds is 4. The van der Waals surface area contributed by atoms with Crippen molar-refractivity contribution in [3.63, 3.8) is 0 Å². The van der Waals surface area contributed by atoms with Crippen LogP contribution in [-0.4, -0.2) is 37.5 Å². The molecule has 1 aliphatic heterocycles. The minimum atomic E-state index is -4.50. The molecule has 0 saturated carbocycles. The first-order valence-corrected chi connectivity index (χ1v) is 9.74. The highest BCUT2D eigenvalue weighted by Crippen LogP contribution is 2.34. The Morgan fingerprint density at radius 1 is 1.19 bits per heavy atom. The van der Waals surface area contributed by atoms with Crippen LogP contribution in [-0.2, 0) is 12.6 Å². The number of nitrogens with zero attached hydrogens (tertiary/aromatic N) is 5. The van der Waals surface area contributed by atoms with Gasteiger partial charge in [0, 0.05) is 36.6 Å². The molecule has 10 heteroatoms. The third-order valence-electron chi connectivity index (χ3n) is 5.33. The lowest BCUT2D eigenvalue weighted by molar-refractivity contribution is -0.140. The summed E-state index contributed by atoms with van der Waals surface area (Å²) in [4.78, 5) is 25.8. The summed E-state index contributed by atoms with van der Waals surface area (Å²) in [5.41, 5.74) is 1.40. The molecule has 0 radical (unpaired) electrons. The van der Waals surface area contributed by atoms with Crippen molar-refractivity contribution < 1.29 is 18.0 Å². The van der Waals surface area contributed by atoms with Gasteiger partial charge in [-0.05, 0) is 25.8 Å². The van der Waals surface area contributed by atoms with E-state index in [1.807, 2.05) is 26.0 Å². The predicted molar refractivity (Wildman–Crippen MR) is 108 cm³/mol. The minimum absolute atomic E-state index is 0.177. The maximum Gasteiger partial charge on any atom is 0.434 e. The molecule has 1 N–H and O–H groups in total. The maximum atomic E-state index is 13.2. The number of urea groups is 1. The summed E-state index contributed by atoms with van der Waals surface area (Å²) in [6, 6.07) is 6.49. The fourth-order valence-electron chi connectivity index (χ4n) is 3.63. The van der Waals surface area contributed by atoms with Gasteiger partial charge in [-0.2, -0.15) is 13.2 Å². The Morgan fingerprint density at radius 2 is 1.90 bits per heavy atom. The Labute approximate surface area is 177 Å². The lowest BCUT2D eigenvalue weighted by Gasteiger charge is -2.33. The standard InChI is InChI=1S/C21H21F3N6O/c1-12(2)30-10-17(21(22,23)24)27-19(30)14-6-4-13(5-7-14)8-16-15-9-25-11-26-18(15)28-20(31)29(16)3/h4-7,9-12,16H,8H2,1-3H3,(H,25,26,28,31). The highest BCUT2D eigenvalue weighted by atomic mass is 19.4. The van der Waals surface area contributed by atoms with Crippen LogP contribution < -0.4 is 5.32 Å². The Morgan fingerprint density at radius 3 is 2.55 bits per heavy atom. The molecule has 0 saturated heterocycles. The monoisotopic (exact) mass is 430 g/mol. The molecule has 162 valence electrons. The number of carbonyl (C=O) groups excluding carboxylic acids is 1. The summed E-state index contributed by atoms with van der Waals surface area (Å²) in [5, 5.41) is 2.72. The summed E-state index contributed by atoms with van der Waals surface area (Å²) < 4.78 is 41.0. The third kappa shape index (κ3) is 3.97. The van der Waals surface area contributed by atoms with E-state index >= 15 is 0 Å². The Balaban J connectivity index is 1.63. The van der Waals surface area contributed by atoms with Crippen molar-refractivity contribution >= 4 is 11.8 Å².